The molecule has 2 nitrogen and oxygen atoms in total. The van der Waals surface area contributed by atoms with Crippen LogP contribution in [-0.4, -0.2) is 18.6 Å². The van der Waals surface area contributed by atoms with Gasteiger partial charge < -0.3 is 5.32 Å². The van der Waals surface area contributed by atoms with Gasteiger partial charge >= 0.3 is 6.18 Å². The van der Waals surface area contributed by atoms with Gasteiger partial charge in [-0.15, -0.1) is 0 Å². The first-order valence-electron chi connectivity index (χ1n) is 4.41. The second-order valence-electron chi connectivity index (χ2n) is 3.28. The minimum atomic E-state index is -4.40. The summed E-state index contributed by atoms with van der Waals surface area (Å²) in [5.41, 5.74) is 1.11. The molecule has 1 N–H and O–H groups in total. The summed E-state index contributed by atoms with van der Waals surface area (Å²) in [6.07, 6.45) is -4.40. The van der Waals surface area contributed by atoms with Crippen molar-refractivity contribution in [3.63, 3.8) is 0 Å². The van der Waals surface area contributed by atoms with E-state index in [1.54, 1.807) is 17.4 Å². The van der Waals surface area contributed by atoms with Crippen LogP contribution in [0.25, 0.3) is 0 Å². The Balaban J connectivity index is 2.74. The Morgan fingerprint density at radius 3 is 2.56 bits per heavy atom. The van der Waals surface area contributed by atoms with E-state index < -0.39 is 18.6 Å². The maximum absolute atomic E-state index is 11.9. The Morgan fingerprint density at radius 2 is 2.06 bits per heavy atom. The molecule has 0 aliphatic heterocycles. The number of carbonyl (C=O) groups excluding carboxylic acids is 1. The lowest BCUT2D eigenvalue weighted by Crippen LogP contribution is -2.33. The third kappa shape index (κ3) is 3.84. The molecule has 0 bridgehead atoms. The fourth-order valence-corrected chi connectivity index (χ4v) is 1.75. The number of rotatable bonds is 2. The molecule has 1 aromatic carbocycles. The second kappa shape index (κ2) is 4.86. The van der Waals surface area contributed by atoms with Crippen LogP contribution in [-0.2, 0) is 0 Å². The van der Waals surface area contributed by atoms with Crippen molar-refractivity contribution in [1.82, 2.24) is 5.32 Å². The molecule has 0 aromatic heterocycles. The molecule has 0 saturated heterocycles. The van der Waals surface area contributed by atoms with E-state index in [9.17, 15) is 18.0 Å². The highest BCUT2D eigenvalue weighted by Crippen LogP contribution is 2.19. The van der Waals surface area contributed by atoms with Gasteiger partial charge in [0, 0.05) is 4.47 Å². The van der Waals surface area contributed by atoms with E-state index in [1.807, 2.05) is 6.92 Å². The molecule has 0 heterocycles. The molecule has 16 heavy (non-hydrogen) atoms. The highest BCUT2D eigenvalue weighted by Gasteiger charge is 2.28. The van der Waals surface area contributed by atoms with E-state index in [1.165, 1.54) is 6.07 Å². The van der Waals surface area contributed by atoms with Gasteiger partial charge in [0.25, 0.3) is 5.91 Å². The van der Waals surface area contributed by atoms with E-state index >= 15 is 0 Å². The molecule has 0 unspecified atom stereocenters. The lowest BCUT2D eigenvalue weighted by Gasteiger charge is -2.09. The smallest absolute Gasteiger partial charge is 0.343 e. The number of carbonyl (C=O) groups is 1. The quantitative estimate of drug-likeness (QED) is 0.893. The predicted octanol–water partition coefficient (Wildman–Crippen LogP) is 3.05. The first-order valence-corrected chi connectivity index (χ1v) is 5.20. The topological polar surface area (TPSA) is 29.1 Å². The largest absolute Gasteiger partial charge is 0.405 e. The number of amides is 1. The minimum absolute atomic E-state index is 0.190. The van der Waals surface area contributed by atoms with Gasteiger partial charge in [-0.3, -0.25) is 4.79 Å². The molecule has 1 amide bonds. The zero-order valence-corrected chi connectivity index (χ0v) is 9.95. The van der Waals surface area contributed by atoms with Gasteiger partial charge in [0.2, 0.25) is 0 Å². The van der Waals surface area contributed by atoms with Gasteiger partial charge in [-0.2, -0.15) is 13.2 Å². The molecule has 0 radical (unpaired) electrons. The normalized spacial score (nSPS) is 11.3. The summed E-state index contributed by atoms with van der Waals surface area (Å²) in [5.74, 6) is -0.746. The Hall–Kier alpha value is -1.04. The molecule has 0 saturated carbocycles. The van der Waals surface area contributed by atoms with Crippen molar-refractivity contribution in [2.24, 2.45) is 0 Å². The summed E-state index contributed by atoms with van der Waals surface area (Å²) in [5, 5.41) is 1.81. The average molecular weight is 296 g/mol. The first-order chi connectivity index (χ1) is 7.29. The summed E-state index contributed by atoms with van der Waals surface area (Å²) in [7, 11) is 0. The van der Waals surface area contributed by atoms with Crippen molar-refractivity contribution in [3.8, 4) is 0 Å². The van der Waals surface area contributed by atoms with E-state index in [2.05, 4.69) is 15.9 Å². The van der Waals surface area contributed by atoms with Gasteiger partial charge in [-0.25, -0.2) is 0 Å². The molecule has 6 heteroatoms. The Kier molecular flexibility index (Phi) is 3.96. The fraction of sp³-hybridized carbons (Fsp3) is 0.300. The summed E-state index contributed by atoms with van der Waals surface area (Å²) >= 11 is 3.13. The fourth-order valence-electron chi connectivity index (χ4n) is 1.08. The third-order valence-corrected chi connectivity index (χ3v) is 2.47. The number of hydrogen-bond donors (Lipinski definition) is 1. The van der Waals surface area contributed by atoms with Crippen molar-refractivity contribution in [3.05, 3.63) is 33.8 Å². The second-order valence-corrected chi connectivity index (χ2v) is 4.14. The molecular weight excluding hydrogens is 287 g/mol. The minimum Gasteiger partial charge on any atom is -0.343 e. The number of benzene rings is 1. The van der Waals surface area contributed by atoms with Crippen LogP contribution in [0.3, 0.4) is 0 Å². The molecule has 0 fully saturated rings. The van der Waals surface area contributed by atoms with Crippen LogP contribution in [0, 0.1) is 6.92 Å². The Morgan fingerprint density at radius 1 is 1.44 bits per heavy atom. The van der Waals surface area contributed by atoms with Crippen LogP contribution < -0.4 is 5.32 Å². The molecule has 88 valence electrons. The van der Waals surface area contributed by atoms with Crippen LogP contribution in [0.5, 0.6) is 0 Å². The van der Waals surface area contributed by atoms with Crippen molar-refractivity contribution >= 4 is 21.8 Å². The lowest BCUT2D eigenvalue weighted by molar-refractivity contribution is -0.123. The van der Waals surface area contributed by atoms with Gasteiger partial charge in [-0.05, 0) is 40.5 Å². The number of alkyl halides is 3. The maximum Gasteiger partial charge on any atom is 0.405 e. The van der Waals surface area contributed by atoms with E-state index in [0.717, 1.165) is 5.56 Å². The summed E-state index contributed by atoms with van der Waals surface area (Å²) in [4.78, 5) is 11.4. The van der Waals surface area contributed by atoms with Crippen LogP contribution >= 0.6 is 15.9 Å². The summed E-state index contributed by atoms with van der Waals surface area (Å²) in [6, 6.07) is 4.81. The van der Waals surface area contributed by atoms with Crippen LogP contribution in [0.4, 0.5) is 13.2 Å². The van der Waals surface area contributed by atoms with Crippen molar-refractivity contribution in [2.75, 3.05) is 6.54 Å². The standard InChI is InChI=1S/C10H9BrF3NO/c1-6-2-3-7(8(11)4-6)9(16)15-5-10(12,13)14/h2-4H,5H2,1H3,(H,15,16). The van der Waals surface area contributed by atoms with E-state index in [4.69, 9.17) is 0 Å². The van der Waals surface area contributed by atoms with Crippen LogP contribution in [0.2, 0.25) is 0 Å². The van der Waals surface area contributed by atoms with Gasteiger partial charge in [0.1, 0.15) is 6.54 Å². The van der Waals surface area contributed by atoms with Gasteiger partial charge in [0.05, 0.1) is 5.56 Å². The maximum atomic E-state index is 11.9. The number of nitrogens with one attached hydrogen (secondary N) is 1. The molecule has 0 spiro atoms. The van der Waals surface area contributed by atoms with Gasteiger partial charge in [-0.1, -0.05) is 6.07 Å². The summed E-state index contributed by atoms with van der Waals surface area (Å²) in [6.45, 7) is 0.494. The Labute approximate surface area is 99.0 Å². The van der Waals surface area contributed by atoms with Gasteiger partial charge in [0.15, 0.2) is 0 Å². The predicted molar refractivity (Wildman–Crippen MR) is 57.3 cm³/mol. The van der Waals surface area contributed by atoms with E-state index in [-0.39, 0.29) is 5.56 Å². The molecule has 0 aliphatic rings. The highest BCUT2D eigenvalue weighted by atomic mass is 79.9. The zero-order chi connectivity index (χ0) is 12.3. The molecule has 0 aliphatic carbocycles. The monoisotopic (exact) mass is 295 g/mol. The van der Waals surface area contributed by atoms with Crippen molar-refractivity contribution in [1.29, 1.82) is 0 Å². The molecular formula is C10H9BrF3NO. The lowest BCUT2D eigenvalue weighted by atomic mass is 10.1. The Bertz CT molecular complexity index is 404. The van der Waals surface area contributed by atoms with Crippen molar-refractivity contribution in [2.45, 2.75) is 13.1 Å². The third-order valence-electron chi connectivity index (χ3n) is 1.82. The number of aryl methyl sites for hydroxylation is 1. The highest BCUT2D eigenvalue weighted by molar-refractivity contribution is 9.10. The van der Waals surface area contributed by atoms with E-state index in [0.29, 0.717) is 4.47 Å². The number of halogens is 4. The average Bonchev–Trinajstić information content (AvgIpc) is 2.13. The number of hydrogen-bond acceptors (Lipinski definition) is 1. The molecule has 1 aromatic rings. The van der Waals surface area contributed by atoms with Crippen LogP contribution in [0.15, 0.2) is 22.7 Å². The molecule has 1 rings (SSSR count). The SMILES string of the molecule is Cc1ccc(C(=O)NCC(F)(F)F)c(Br)c1. The van der Waals surface area contributed by atoms with Crippen molar-refractivity contribution < 1.29 is 18.0 Å². The zero-order valence-electron chi connectivity index (χ0n) is 8.36. The van der Waals surface area contributed by atoms with Crippen LogP contribution in [0.1, 0.15) is 15.9 Å². The summed E-state index contributed by atoms with van der Waals surface area (Å²) < 4.78 is 36.1. The first kappa shape index (κ1) is 13.0. The molecule has 0 atom stereocenters.